The van der Waals surface area contributed by atoms with Gasteiger partial charge in [0, 0.05) is 36.2 Å². The Hall–Kier alpha value is -1.54. The minimum Gasteiger partial charge on any atom is -0.396 e. The summed E-state index contributed by atoms with van der Waals surface area (Å²) in [6, 6.07) is 7.03. The highest BCUT2D eigenvalue weighted by Gasteiger charge is 2.12. The van der Waals surface area contributed by atoms with Crippen molar-refractivity contribution in [2.24, 2.45) is 5.92 Å². The van der Waals surface area contributed by atoms with Crippen LogP contribution in [-0.4, -0.2) is 28.5 Å². The van der Waals surface area contributed by atoms with Crippen molar-refractivity contribution in [3.05, 3.63) is 62.6 Å². The number of nitrogens with one attached hydrogen (secondary N) is 2. The lowest BCUT2D eigenvalue weighted by molar-refractivity contribution is 0.221. The summed E-state index contributed by atoms with van der Waals surface area (Å²) >= 11 is 4.85. The van der Waals surface area contributed by atoms with Crippen molar-refractivity contribution in [1.82, 2.24) is 15.5 Å². The molecule has 1 aromatic carbocycles. The maximum absolute atomic E-state index is 13.3. The summed E-state index contributed by atoms with van der Waals surface area (Å²) in [7, 11) is 0. The number of aromatic amines is 1. The number of hydrogen-bond acceptors (Lipinski definition) is 4. The number of aromatic nitrogens is 2. The fraction of sp³-hybridized carbons (Fsp3) is 0.278. The van der Waals surface area contributed by atoms with E-state index in [0.29, 0.717) is 24.0 Å². The summed E-state index contributed by atoms with van der Waals surface area (Å²) in [6.07, 6.45) is 2.51. The second-order valence-corrected chi connectivity index (χ2v) is 7.55. The third-order valence-corrected chi connectivity index (χ3v) is 5.33. The molecule has 4 nitrogen and oxygen atoms in total. The first kappa shape index (κ1) is 18.3. The fourth-order valence-corrected chi connectivity index (χ4v) is 3.79. The molecule has 0 aliphatic heterocycles. The maximum Gasteiger partial charge on any atom is 0.137 e. The summed E-state index contributed by atoms with van der Waals surface area (Å²) in [5, 5.41) is 24.3. The maximum atomic E-state index is 13.3. The zero-order chi connectivity index (χ0) is 17.6. The number of rotatable bonds is 8. The minimum absolute atomic E-state index is 0.0638. The lowest BCUT2D eigenvalue weighted by Gasteiger charge is -2.15. The van der Waals surface area contributed by atoms with E-state index in [1.807, 2.05) is 11.6 Å². The smallest absolute Gasteiger partial charge is 0.137 e. The molecule has 2 aromatic heterocycles. The lowest BCUT2D eigenvalue weighted by Crippen LogP contribution is -2.26. The zero-order valence-corrected chi connectivity index (χ0v) is 15.9. The van der Waals surface area contributed by atoms with Gasteiger partial charge in [0.15, 0.2) is 0 Å². The molecule has 1 unspecified atom stereocenters. The van der Waals surface area contributed by atoms with Gasteiger partial charge in [0.2, 0.25) is 0 Å². The van der Waals surface area contributed by atoms with Crippen LogP contribution < -0.4 is 5.32 Å². The molecule has 132 valence electrons. The predicted molar refractivity (Wildman–Crippen MR) is 102 cm³/mol. The van der Waals surface area contributed by atoms with Gasteiger partial charge in [-0.2, -0.15) is 16.4 Å². The highest BCUT2D eigenvalue weighted by Crippen LogP contribution is 2.23. The average molecular weight is 424 g/mol. The van der Waals surface area contributed by atoms with Crippen LogP contribution in [0.3, 0.4) is 0 Å². The molecule has 0 saturated heterocycles. The van der Waals surface area contributed by atoms with Crippen LogP contribution in [0.4, 0.5) is 4.39 Å². The Morgan fingerprint density at radius 2 is 2.24 bits per heavy atom. The number of aliphatic hydroxyl groups is 1. The van der Waals surface area contributed by atoms with E-state index < -0.39 is 0 Å². The molecule has 0 aliphatic rings. The highest BCUT2D eigenvalue weighted by molar-refractivity contribution is 9.10. The number of halogens is 2. The topological polar surface area (TPSA) is 60.9 Å². The van der Waals surface area contributed by atoms with Gasteiger partial charge < -0.3 is 10.4 Å². The Balaban J connectivity index is 1.55. The fourth-order valence-electron chi connectivity index (χ4n) is 2.71. The number of aliphatic hydroxyl groups excluding tert-OH is 1. The van der Waals surface area contributed by atoms with Gasteiger partial charge in [-0.25, -0.2) is 4.39 Å². The number of benzene rings is 1. The summed E-state index contributed by atoms with van der Waals surface area (Å²) in [5.74, 6) is -0.211. The third-order valence-electron chi connectivity index (χ3n) is 4.04. The quantitative estimate of drug-likeness (QED) is 0.513. The molecular formula is C18H19BrFN3OS. The molecule has 0 radical (unpaired) electrons. The van der Waals surface area contributed by atoms with Crippen LogP contribution in [0.15, 0.2) is 45.7 Å². The summed E-state index contributed by atoms with van der Waals surface area (Å²) in [4.78, 5) is 0. The van der Waals surface area contributed by atoms with E-state index >= 15 is 0 Å². The molecular weight excluding hydrogens is 405 g/mol. The molecule has 7 heteroatoms. The van der Waals surface area contributed by atoms with Gasteiger partial charge in [0.05, 0.1) is 16.4 Å². The Bertz CT molecular complexity index is 807. The first-order valence-corrected chi connectivity index (χ1v) is 9.71. The summed E-state index contributed by atoms with van der Waals surface area (Å²) in [5.41, 5.74) is 4.25. The van der Waals surface area contributed by atoms with E-state index in [1.54, 1.807) is 23.5 Å². The van der Waals surface area contributed by atoms with Crippen LogP contribution in [0.25, 0.3) is 11.3 Å². The van der Waals surface area contributed by atoms with Crippen molar-refractivity contribution in [2.75, 3.05) is 13.2 Å². The normalized spacial score (nSPS) is 12.4. The second kappa shape index (κ2) is 8.71. The Labute approximate surface area is 158 Å². The molecule has 3 rings (SSSR count). The van der Waals surface area contributed by atoms with E-state index in [4.69, 9.17) is 0 Å². The lowest BCUT2D eigenvalue weighted by atomic mass is 10.00. The molecule has 25 heavy (non-hydrogen) atoms. The van der Waals surface area contributed by atoms with Gasteiger partial charge in [0.1, 0.15) is 5.82 Å². The molecule has 1 atom stereocenters. The Morgan fingerprint density at radius 1 is 1.36 bits per heavy atom. The molecule has 0 amide bonds. The first-order valence-electron chi connectivity index (χ1n) is 7.97. The SMILES string of the molecule is OCC(CNCc1cn[nH]c1-c1ccsc1)Cc1ccc(F)c(Br)c1. The van der Waals surface area contributed by atoms with Crippen molar-refractivity contribution in [2.45, 2.75) is 13.0 Å². The predicted octanol–water partition coefficient (Wildman–Crippen LogP) is 3.98. The van der Waals surface area contributed by atoms with Gasteiger partial charge in [-0.05, 0) is 57.4 Å². The second-order valence-electron chi connectivity index (χ2n) is 5.91. The molecule has 2 heterocycles. The van der Waals surface area contributed by atoms with E-state index in [9.17, 15) is 9.50 Å². The van der Waals surface area contributed by atoms with Gasteiger partial charge in [-0.3, -0.25) is 5.10 Å². The van der Waals surface area contributed by atoms with Crippen LogP contribution in [0.1, 0.15) is 11.1 Å². The van der Waals surface area contributed by atoms with Gasteiger partial charge in [-0.15, -0.1) is 0 Å². The molecule has 0 spiro atoms. The average Bonchev–Trinajstić information content (AvgIpc) is 3.28. The van der Waals surface area contributed by atoms with Crippen molar-refractivity contribution in [3.8, 4) is 11.3 Å². The minimum atomic E-state index is -0.275. The van der Waals surface area contributed by atoms with Crippen molar-refractivity contribution in [1.29, 1.82) is 0 Å². The van der Waals surface area contributed by atoms with Crippen LogP contribution in [0.2, 0.25) is 0 Å². The van der Waals surface area contributed by atoms with E-state index in [2.05, 4.69) is 42.9 Å². The van der Waals surface area contributed by atoms with E-state index in [-0.39, 0.29) is 18.3 Å². The van der Waals surface area contributed by atoms with Gasteiger partial charge >= 0.3 is 0 Å². The van der Waals surface area contributed by atoms with Crippen LogP contribution in [-0.2, 0) is 13.0 Å². The number of hydrogen-bond donors (Lipinski definition) is 3. The van der Waals surface area contributed by atoms with Gasteiger partial charge in [0.25, 0.3) is 0 Å². The van der Waals surface area contributed by atoms with Crippen molar-refractivity contribution in [3.63, 3.8) is 0 Å². The monoisotopic (exact) mass is 423 g/mol. The summed E-state index contributed by atoms with van der Waals surface area (Å²) in [6.45, 7) is 1.41. The van der Waals surface area contributed by atoms with Crippen molar-refractivity contribution < 1.29 is 9.50 Å². The Morgan fingerprint density at radius 3 is 2.96 bits per heavy atom. The Kier molecular flexibility index (Phi) is 6.36. The molecule has 3 N–H and O–H groups in total. The molecule has 3 aromatic rings. The molecule has 0 bridgehead atoms. The molecule has 0 aliphatic carbocycles. The van der Waals surface area contributed by atoms with Crippen molar-refractivity contribution >= 4 is 27.3 Å². The standard InChI is InChI=1S/C18H19BrFN3OS/c19-16-6-12(1-2-17(16)20)5-13(10-24)7-21-8-15-9-22-23-18(15)14-3-4-25-11-14/h1-4,6,9,11,13,21,24H,5,7-8,10H2,(H,22,23). The van der Waals surface area contributed by atoms with Crippen LogP contribution in [0, 0.1) is 11.7 Å². The molecule has 0 fully saturated rings. The number of nitrogens with zero attached hydrogens (tertiary/aromatic N) is 1. The number of thiophene rings is 1. The van der Waals surface area contributed by atoms with Gasteiger partial charge in [-0.1, -0.05) is 6.07 Å². The highest BCUT2D eigenvalue weighted by atomic mass is 79.9. The third kappa shape index (κ3) is 4.76. The largest absolute Gasteiger partial charge is 0.396 e. The zero-order valence-electron chi connectivity index (χ0n) is 13.5. The summed E-state index contributed by atoms with van der Waals surface area (Å²) < 4.78 is 13.8. The van der Waals surface area contributed by atoms with Crippen LogP contribution in [0.5, 0.6) is 0 Å². The number of H-pyrrole nitrogens is 1. The molecule has 0 saturated carbocycles. The van der Waals surface area contributed by atoms with E-state index in [0.717, 1.165) is 22.4 Å². The van der Waals surface area contributed by atoms with E-state index in [1.165, 1.54) is 6.07 Å². The first-order chi connectivity index (χ1) is 12.2. The van der Waals surface area contributed by atoms with Crippen LogP contribution >= 0.6 is 27.3 Å².